The quantitative estimate of drug-likeness (QED) is 0.898. The molecule has 124 valence electrons. The molecule has 5 heteroatoms. The molecule has 2 heterocycles. The smallest absolute Gasteiger partial charge is 0.165 e. The maximum atomic E-state index is 5.89. The summed E-state index contributed by atoms with van der Waals surface area (Å²) in [6.07, 6.45) is 1.92. The van der Waals surface area contributed by atoms with Gasteiger partial charge >= 0.3 is 0 Å². The number of ether oxygens (including phenoxy) is 2. The summed E-state index contributed by atoms with van der Waals surface area (Å²) in [5.41, 5.74) is 2.28. The number of rotatable bonds is 5. The number of benzene rings is 1. The van der Waals surface area contributed by atoms with Gasteiger partial charge in [0.15, 0.2) is 11.5 Å². The average molecular weight is 332 g/mol. The summed E-state index contributed by atoms with van der Waals surface area (Å²) in [5.74, 6) is 1.75. The van der Waals surface area contributed by atoms with Gasteiger partial charge in [0.05, 0.1) is 23.9 Å². The summed E-state index contributed by atoms with van der Waals surface area (Å²) in [6, 6.07) is 6.39. The SMILES string of the molecule is CCc1nc(C)c([C@@H](C)NCc2cccc3c2OCCCO3)s1. The standard InChI is InChI=1S/C18H24N2O2S/c1-4-16-20-13(3)18(23-16)12(2)19-11-14-7-5-8-15-17(14)22-10-6-9-21-15/h5,7-8,12,19H,4,6,9-11H2,1-3H3/t12-/m1/s1. The fourth-order valence-corrected chi connectivity index (χ4v) is 3.80. The Morgan fingerprint density at radius 2 is 2.13 bits per heavy atom. The molecule has 1 aliphatic rings. The van der Waals surface area contributed by atoms with Gasteiger partial charge in [0.2, 0.25) is 0 Å². The predicted octanol–water partition coefficient (Wildman–Crippen LogP) is 4.03. The molecule has 1 N–H and O–H groups in total. The maximum absolute atomic E-state index is 5.89. The van der Waals surface area contributed by atoms with Crippen LogP contribution < -0.4 is 14.8 Å². The van der Waals surface area contributed by atoms with Gasteiger partial charge < -0.3 is 14.8 Å². The van der Waals surface area contributed by atoms with E-state index in [1.54, 1.807) is 11.3 Å². The van der Waals surface area contributed by atoms with Crippen LogP contribution in [0.1, 0.15) is 47.5 Å². The number of hydrogen-bond donors (Lipinski definition) is 1. The van der Waals surface area contributed by atoms with Crippen molar-refractivity contribution in [1.29, 1.82) is 0 Å². The average Bonchev–Trinajstić information content (AvgIpc) is 2.78. The highest BCUT2D eigenvalue weighted by Gasteiger charge is 2.17. The number of nitrogens with zero attached hydrogens (tertiary/aromatic N) is 1. The second-order valence-electron chi connectivity index (χ2n) is 5.81. The predicted molar refractivity (Wildman–Crippen MR) is 93.5 cm³/mol. The highest BCUT2D eigenvalue weighted by Crippen LogP contribution is 2.34. The van der Waals surface area contributed by atoms with Crippen molar-refractivity contribution >= 4 is 11.3 Å². The lowest BCUT2D eigenvalue weighted by atomic mass is 10.1. The van der Waals surface area contributed by atoms with E-state index in [9.17, 15) is 0 Å². The fraction of sp³-hybridized carbons (Fsp3) is 0.500. The van der Waals surface area contributed by atoms with Gasteiger partial charge in [-0.2, -0.15) is 0 Å². The Labute approximate surface area is 141 Å². The zero-order valence-corrected chi connectivity index (χ0v) is 14.8. The minimum atomic E-state index is 0.273. The van der Waals surface area contributed by atoms with Crippen molar-refractivity contribution in [2.45, 2.75) is 46.2 Å². The van der Waals surface area contributed by atoms with Crippen LogP contribution in [0.2, 0.25) is 0 Å². The third-order valence-corrected chi connectivity index (χ3v) is 5.51. The molecule has 1 atom stereocenters. The van der Waals surface area contributed by atoms with E-state index >= 15 is 0 Å². The van der Waals surface area contributed by atoms with E-state index in [0.29, 0.717) is 6.61 Å². The third-order valence-electron chi connectivity index (χ3n) is 4.02. The van der Waals surface area contributed by atoms with Crippen molar-refractivity contribution in [2.24, 2.45) is 0 Å². The topological polar surface area (TPSA) is 43.4 Å². The first kappa shape index (κ1) is 16.3. The highest BCUT2D eigenvalue weighted by molar-refractivity contribution is 7.11. The van der Waals surface area contributed by atoms with Gasteiger partial charge in [-0.3, -0.25) is 0 Å². The van der Waals surface area contributed by atoms with Crippen LogP contribution in [0.5, 0.6) is 11.5 Å². The van der Waals surface area contributed by atoms with Crippen molar-refractivity contribution in [1.82, 2.24) is 10.3 Å². The maximum Gasteiger partial charge on any atom is 0.165 e. The number of fused-ring (bicyclic) bond motifs is 1. The van der Waals surface area contributed by atoms with E-state index in [4.69, 9.17) is 9.47 Å². The monoisotopic (exact) mass is 332 g/mol. The van der Waals surface area contributed by atoms with Crippen molar-refractivity contribution in [3.8, 4) is 11.5 Å². The van der Waals surface area contributed by atoms with Gasteiger partial charge in [-0.25, -0.2) is 4.98 Å². The van der Waals surface area contributed by atoms with Gasteiger partial charge in [-0.1, -0.05) is 19.1 Å². The first-order chi connectivity index (χ1) is 11.2. The number of hydrogen-bond acceptors (Lipinski definition) is 5. The lowest BCUT2D eigenvalue weighted by Crippen LogP contribution is -2.18. The van der Waals surface area contributed by atoms with E-state index in [-0.39, 0.29) is 6.04 Å². The molecule has 0 fully saturated rings. The number of nitrogens with one attached hydrogen (secondary N) is 1. The Kier molecular flexibility index (Phi) is 5.18. The summed E-state index contributed by atoms with van der Waals surface area (Å²) in [4.78, 5) is 5.94. The minimum Gasteiger partial charge on any atom is -0.490 e. The Hall–Kier alpha value is -1.59. The summed E-state index contributed by atoms with van der Waals surface area (Å²) in [7, 11) is 0. The van der Waals surface area contributed by atoms with Crippen molar-refractivity contribution < 1.29 is 9.47 Å². The van der Waals surface area contributed by atoms with Crippen molar-refractivity contribution in [3.05, 3.63) is 39.3 Å². The van der Waals surface area contributed by atoms with E-state index in [1.807, 2.05) is 12.1 Å². The van der Waals surface area contributed by atoms with Gasteiger partial charge in [-0.05, 0) is 26.3 Å². The van der Waals surface area contributed by atoms with Gasteiger partial charge in [0, 0.05) is 29.4 Å². The molecule has 0 unspecified atom stereocenters. The van der Waals surface area contributed by atoms with E-state index < -0.39 is 0 Å². The fourth-order valence-electron chi connectivity index (χ4n) is 2.77. The molecule has 0 aliphatic carbocycles. The molecule has 0 spiro atoms. The van der Waals surface area contributed by atoms with Crippen LogP contribution >= 0.6 is 11.3 Å². The molecular formula is C18H24N2O2S. The zero-order chi connectivity index (χ0) is 16.2. The Bertz CT molecular complexity index is 669. The van der Waals surface area contributed by atoms with Crippen LogP contribution in [0.15, 0.2) is 18.2 Å². The molecule has 0 radical (unpaired) electrons. The Morgan fingerprint density at radius 3 is 2.91 bits per heavy atom. The zero-order valence-electron chi connectivity index (χ0n) is 14.0. The highest BCUT2D eigenvalue weighted by atomic mass is 32.1. The molecule has 23 heavy (non-hydrogen) atoms. The van der Waals surface area contributed by atoms with Gasteiger partial charge in [-0.15, -0.1) is 11.3 Å². The molecule has 0 bridgehead atoms. The minimum absolute atomic E-state index is 0.273. The number of para-hydroxylation sites is 1. The molecule has 2 aromatic rings. The summed E-state index contributed by atoms with van der Waals surface area (Å²) in [5, 5.41) is 4.80. The lowest BCUT2D eigenvalue weighted by molar-refractivity contribution is 0.296. The molecule has 0 amide bonds. The van der Waals surface area contributed by atoms with E-state index in [0.717, 1.165) is 48.7 Å². The van der Waals surface area contributed by atoms with Crippen LogP contribution in [-0.2, 0) is 13.0 Å². The van der Waals surface area contributed by atoms with Crippen LogP contribution in [0.3, 0.4) is 0 Å². The number of aromatic nitrogens is 1. The van der Waals surface area contributed by atoms with Crippen LogP contribution in [-0.4, -0.2) is 18.2 Å². The van der Waals surface area contributed by atoms with Crippen molar-refractivity contribution in [2.75, 3.05) is 13.2 Å². The molecule has 4 nitrogen and oxygen atoms in total. The third kappa shape index (κ3) is 3.67. The van der Waals surface area contributed by atoms with Crippen molar-refractivity contribution in [3.63, 3.8) is 0 Å². The normalized spacial score (nSPS) is 15.3. The van der Waals surface area contributed by atoms with Crippen LogP contribution in [0, 0.1) is 6.92 Å². The molecule has 0 saturated carbocycles. The number of aryl methyl sites for hydroxylation is 2. The molecule has 3 rings (SSSR count). The first-order valence-electron chi connectivity index (χ1n) is 8.26. The lowest BCUT2D eigenvalue weighted by Gasteiger charge is -2.16. The van der Waals surface area contributed by atoms with E-state index in [1.165, 1.54) is 9.88 Å². The summed E-state index contributed by atoms with van der Waals surface area (Å²) >= 11 is 1.81. The number of thiazole rings is 1. The molecule has 0 saturated heterocycles. The van der Waals surface area contributed by atoms with Gasteiger partial charge in [0.25, 0.3) is 0 Å². The second kappa shape index (κ2) is 7.32. The largest absolute Gasteiger partial charge is 0.490 e. The molecular weight excluding hydrogens is 308 g/mol. The Balaban J connectivity index is 1.71. The molecule has 1 aromatic heterocycles. The second-order valence-corrected chi connectivity index (χ2v) is 6.92. The molecule has 1 aromatic carbocycles. The van der Waals surface area contributed by atoms with Gasteiger partial charge in [0.1, 0.15) is 0 Å². The van der Waals surface area contributed by atoms with Crippen LogP contribution in [0.25, 0.3) is 0 Å². The van der Waals surface area contributed by atoms with E-state index in [2.05, 4.69) is 37.1 Å². The summed E-state index contributed by atoms with van der Waals surface area (Å²) in [6.45, 7) is 8.63. The first-order valence-corrected chi connectivity index (χ1v) is 9.07. The Morgan fingerprint density at radius 1 is 1.30 bits per heavy atom. The molecule has 1 aliphatic heterocycles. The van der Waals surface area contributed by atoms with Crippen LogP contribution in [0.4, 0.5) is 0 Å². The summed E-state index contributed by atoms with van der Waals surface area (Å²) < 4.78 is 11.6.